The predicted molar refractivity (Wildman–Crippen MR) is 160 cm³/mol. The number of hydrogen-bond donors (Lipinski definition) is 1. The van der Waals surface area contributed by atoms with Crippen molar-refractivity contribution in [1.29, 1.82) is 0 Å². The Morgan fingerprint density at radius 1 is 1.00 bits per heavy atom. The van der Waals surface area contributed by atoms with E-state index in [1.54, 1.807) is 12.3 Å². The largest absolute Gasteiger partial charge is 0.467 e. The zero-order valence-corrected chi connectivity index (χ0v) is 23.1. The first-order valence-corrected chi connectivity index (χ1v) is 14.7. The van der Waals surface area contributed by atoms with Crippen LogP contribution >= 0.6 is 11.8 Å². The van der Waals surface area contributed by atoms with Crippen LogP contribution in [-0.2, 0) is 22.7 Å². The fraction of sp³-hybridized carbons (Fsp3) is 0.281. The molecule has 3 heterocycles. The number of furan rings is 1. The molecule has 1 aliphatic carbocycles. The number of benzene rings is 2. The average Bonchev–Trinajstić information content (AvgIpc) is 3.62. The summed E-state index contributed by atoms with van der Waals surface area (Å²) < 4.78 is 7.26. The molecule has 2 amide bonds. The molecule has 0 unspecified atom stereocenters. The van der Waals surface area contributed by atoms with Crippen LogP contribution in [0.25, 0.3) is 17.0 Å². The zero-order chi connectivity index (χ0) is 27.3. The van der Waals surface area contributed by atoms with Crippen LogP contribution in [0.1, 0.15) is 49.8 Å². The lowest BCUT2D eigenvalue weighted by Gasteiger charge is -2.26. The van der Waals surface area contributed by atoms with Crippen LogP contribution in [0.3, 0.4) is 0 Å². The minimum atomic E-state index is -0.112. The van der Waals surface area contributed by atoms with Crippen LogP contribution in [0.2, 0.25) is 0 Å². The molecule has 204 valence electrons. The quantitative estimate of drug-likeness (QED) is 0.200. The Bertz CT molecular complexity index is 1550. The molecular formula is C32H32N4O3S. The van der Waals surface area contributed by atoms with E-state index in [4.69, 9.17) is 9.41 Å². The summed E-state index contributed by atoms with van der Waals surface area (Å²) in [6.45, 7) is 0.508. The summed E-state index contributed by atoms with van der Waals surface area (Å²) in [6.07, 6.45) is 12.2. The molecule has 0 spiro atoms. The second-order valence-electron chi connectivity index (χ2n) is 10.2. The molecule has 1 aliphatic heterocycles. The Balaban J connectivity index is 1.30. The van der Waals surface area contributed by atoms with Crippen molar-refractivity contribution in [3.8, 4) is 0 Å². The molecule has 1 saturated carbocycles. The normalized spacial score (nSPS) is 18.6. The first-order chi connectivity index (χ1) is 19.7. The summed E-state index contributed by atoms with van der Waals surface area (Å²) in [4.78, 5) is 34.2. The topological polar surface area (TPSA) is 79.8 Å². The standard InChI is InChI=1S/C32H32N4O3S/c37-30(33-20-26-15-10-18-39-26)22-35-21-23(27-16-8-9-17-28(27)35)19-29-31(38)36(25-13-6-1-2-7-14-25)32(40-29)34-24-11-4-3-5-12-24/h3-5,8-12,15-19,21,25H,1-2,6-7,13-14,20,22H2,(H,33,37)/b29-19-,34-32?. The maximum Gasteiger partial charge on any atom is 0.267 e. The van der Waals surface area contributed by atoms with Crippen LogP contribution in [0.4, 0.5) is 5.69 Å². The number of carbonyl (C=O) groups is 2. The third kappa shape index (κ3) is 5.77. The highest BCUT2D eigenvalue weighted by atomic mass is 32.2. The van der Waals surface area contributed by atoms with E-state index in [0.29, 0.717) is 17.2 Å². The van der Waals surface area contributed by atoms with Gasteiger partial charge in [-0.3, -0.25) is 14.5 Å². The van der Waals surface area contributed by atoms with Crippen LogP contribution in [0.5, 0.6) is 0 Å². The van der Waals surface area contributed by atoms with Crippen molar-refractivity contribution >= 4 is 51.4 Å². The van der Waals surface area contributed by atoms with Crippen LogP contribution < -0.4 is 5.32 Å². The van der Waals surface area contributed by atoms with E-state index in [0.717, 1.165) is 53.0 Å². The molecule has 4 aromatic rings. The molecule has 7 nitrogen and oxygen atoms in total. The third-order valence-electron chi connectivity index (χ3n) is 7.47. The van der Waals surface area contributed by atoms with Crippen molar-refractivity contribution in [2.24, 2.45) is 4.99 Å². The highest BCUT2D eigenvalue weighted by molar-refractivity contribution is 8.18. The highest BCUT2D eigenvalue weighted by Crippen LogP contribution is 2.39. The van der Waals surface area contributed by atoms with Gasteiger partial charge < -0.3 is 14.3 Å². The van der Waals surface area contributed by atoms with Crippen molar-refractivity contribution in [3.05, 3.63) is 95.4 Å². The van der Waals surface area contributed by atoms with Gasteiger partial charge >= 0.3 is 0 Å². The minimum absolute atomic E-state index is 0.0135. The van der Waals surface area contributed by atoms with Gasteiger partial charge in [-0.15, -0.1) is 0 Å². The second kappa shape index (κ2) is 12.0. The molecule has 2 aromatic heterocycles. The van der Waals surface area contributed by atoms with E-state index >= 15 is 0 Å². The molecule has 8 heteroatoms. The number of hydrogen-bond acceptors (Lipinski definition) is 5. The first-order valence-electron chi connectivity index (χ1n) is 13.9. The molecule has 1 saturated heterocycles. The van der Waals surface area contributed by atoms with Crippen LogP contribution in [0, 0.1) is 0 Å². The number of nitrogens with one attached hydrogen (secondary N) is 1. The van der Waals surface area contributed by atoms with Gasteiger partial charge in [0.05, 0.1) is 23.4 Å². The fourth-order valence-corrected chi connectivity index (χ4v) is 6.54. The number of thioether (sulfide) groups is 1. The Morgan fingerprint density at radius 2 is 1.77 bits per heavy atom. The SMILES string of the molecule is O=C(Cn1cc(/C=C2\SC(=Nc3ccccc3)N(C3CCCCCC3)C2=O)c2ccccc21)NCc1ccco1. The number of amides is 2. The smallest absolute Gasteiger partial charge is 0.267 e. The van der Waals surface area contributed by atoms with Crippen molar-refractivity contribution in [2.45, 2.75) is 57.7 Å². The van der Waals surface area contributed by atoms with Gasteiger partial charge in [0.1, 0.15) is 12.3 Å². The molecule has 2 aromatic carbocycles. The van der Waals surface area contributed by atoms with E-state index in [1.165, 1.54) is 24.6 Å². The van der Waals surface area contributed by atoms with Crippen molar-refractivity contribution in [1.82, 2.24) is 14.8 Å². The van der Waals surface area contributed by atoms with Crippen molar-refractivity contribution < 1.29 is 14.0 Å². The van der Waals surface area contributed by atoms with E-state index in [-0.39, 0.29) is 24.4 Å². The highest BCUT2D eigenvalue weighted by Gasteiger charge is 2.38. The number of para-hydroxylation sites is 2. The summed E-state index contributed by atoms with van der Waals surface area (Å²) in [7, 11) is 0. The molecule has 0 atom stereocenters. The molecule has 6 rings (SSSR count). The molecule has 1 N–H and O–H groups in total. The number of aromatic nitrogens is 1. The van der Waals surface area contributed by atoms with Gasteiger partial charge in [-0.2, -0.15) is 0 Å². The monoisotopic (exact) mass is 552 g/mol. The van der Waals surface area contributed by atoms with Gasteiger partial charge in [0.25, 0.3) is 5.91 Å². The van der Waals surface area contributed by atoms with Crippen molar-refractivity contribution in [3.63, 3.8) is 0 Å². The summed E-state index contributed by atoms with van der Waals surface area (Å²) >= 11 is 1.44. The van der Waals surface area contributed by atoms with E-state index < -0.39 is 0 Å². The van der Waals surface area contributed by atoms with E-state index in [1.807, 2.05) is 82.4 Å². The first kappa shape index (κ1) is 26.2. The third-order valence-corrected chi connectivity index (χ3v) is 8.45. The number of amidine groups is 1. The molecule has 0 radical (unpaired) electrons. The summed E-state index contributed by atoms with van der Waals surface area (Å²) in [5.41, 5.74) is 2.69. The van der Waals surface area contributed by atoms with Gasteiger partial charge in [0.2, 0.25) is 5.91 Å². The van der Waals surface area contributed by atoms with E-state index in [2.05, 4.69) is 5.32 Å². The maximum atomic E-state index is 13.9. The van der Waals surface area contributed by atoms with Crippen LogP contribution in [0.15, 0.2) is 93.5 Å². The lowest BCUT2D eigenvalue weighted by molar-refractivity contribution is -0.124. The Hall–Kier alpha value is -4.04. The zero-order valence-electron chi connectivity index (χ0n) is 22.3. The van der Waals surface area contributed by atoms with Crippen LogP contribution in [-0.4, -0.2) is 32.5 Å². The number of fused-ring (bicyclic) bond motifs is 1. The fourth-order valence-electron chi connectivity index (χ4n) is 5.49. The van der Waals surface area contributed by atoms with Gasteiger partial charge in [0.15, 0.2) is 5.17 Å². The number of carbonyl (C=O) groups excluding carboxylic acids is 2. The lowest BCUT2D eigenvalue weighted by atomic mass is 10.1. The minimum Gasteiger partial charge on any atom is -0.467 e. The predicted octanol–water partition coefficient (Wildman–Crippen LogP) is 6.88. The number of nitrogens with zero attached hydrogens (tertiary/aromatic N) is 3. The van der Waals surface area contributed by atoms with Gasteiger partial charge in [-0.05, 0) is 61.0 Å². The molecule has 2 fully saturated rings. The van der Waals surface area contributed by atoms with Crippen molar-refractivity contribution in [2.75, 3.05) is 0 Å². The molecule has 40 heavy (non-hydrogen) atoms. The number of aliphatic imine (C=N–C) groups is 1. The molecule has 2 aliphatic rings. The molecular weight excluding hydrogens is 520 g/mol. The summed E-state index contributed by atoms with van der Waals surface area (Å²) in [5.74, 6) is 0.609. The second-order valence-corrected chi connectivity index (χ2v) is 11.3. The summed E-state index contributed by atoms with van der Waals surface area (Å²) in [6, 6.07) is 21.6. The molecule has 0 bridgehead atoms. The Kier molecular flexibility index (Phi) is 7.86. The Morgan fingerprint density at radius 3 is 2.55 bits per heavy atom. The lowest BCUT2D eigenvalue weighted by Crippen LogP contribution is -2.39. The Labute approximate surface area is 237 Å². The van der Waals surface area contributed by atoms with Gasteiger partial charge in [0, 0.05) is 28.7 Å². The van der Waals surface area contributed by atoms with Gasteiger partial charge in [-0.25, -0.2) is 4.99 Å². The average molecular weight is 553 g/mol. The van der Waals surface area contributed by atoms with E-state index in [9.17, 15) is 9.59 Å². The summed E-state index contributed by atoms with van der Waals surface area (Å²) in [5, 5.41) is 4.66. The number of rotatable bonds is 7. The maximum absolute atomic E-state index is 13.9. The van der Waals surface area contributed by atoms with Gasteiger partial charge in [-0.1, -0.05) is 62.1 Å².